The van der Waals surface area contributed by atoms with Crippen LogP contribution in [0.4, 0.5) is 0 Å². The number of nitrogens with zero attached hydrogens (tertiary/aromatic N) is 2. The van der Waals surface area contributed by atoms with E-state index in [4.69, 9.17) is 22.6 Å². The topological polar surface area (TPSA) is 53.0 Å². The van der Waals surface area contributed by atoms with Gasteiger partial charge in [-0.1, -0.05) is 54.9 Å². The van der Waals surface area contributed by atoms with E-state index in [9.17, 15) is 0 Å². The number of hydrogen-bond acceptors (Lipinski definition) is 3. The summed E-state index contributed by atoms with van der Waals surface area (Å²) in [5.74, 6) is 0. The minimum atomic E-state index is -0.0677. The first kappa shape index (κ1) is 21.5. The van der Waals surface area contributed by atoms with E-state index < -0.39 is 0 Å². The van der Waals surface area contributed by atoms with Gasteiger partial charge in [0.05, 0.1) is 6.07 Å². The summed E-state index contributed by atoms with van der Waals surface area (Å²) >= 11 is 5.94. The Labute approximate surface area is 161 Å². The fraction of sp³-hybridized carbons (Fsp3) is 0.350. The molecule has 0 spiro atoms. The molecular formula is C20H25Cl2N3. The maximum atomic E-state index is 8.90. The molecule has 0 aromatic heterocycles. The van der Waals surface area contributed by atoms with Gasteiger partial charge in [-0.05, 0) is 35.2 Å². The van der Waals surface area contributed by atoms with E-state index in [-0.39, 0.29) is 18.4 Å². The normalized spacial score (nSPS) is 11.6. The van der Waals surface area contributed by atoms with Gasteiger partial charge in [-0.2, -0.15) is 5.26 Å². The first-order chi connectivity index (χ1) is 11.6. The number of rotatable bonds is 8. The highest BCUT2D eigenvalue weighted by molar-refractivity contribution is 6.30. The van der Waals surface area contributed by atoms with Crippen LogP contribution in [0, 0.1) is 11.3 Å². The molecule has 1 atom stereocenters. The number of halogens is 2. The SMILES string of the molecule is CCc1ccc(C(N)CN(CCC#N)Cc2ccc(Cl)cc2)cc1.Cl. The second kappa shape index (κ2) is 11.1. The van der Waals surface area contributed by atoms with Crippen LogP contribution in [0.25, 0.3) is 0 Å². The molecule has 1 unspecified atom stereocenters. The summed E-state index contributed by atoms with van der Waals surface area (Å²) in [5.41, 5.74) is 10.0. The Morgan fingerprint density at radius 1 is 1.08 bits per heavy atom. The lowest BCUT2D eigenvalue weighted by Gasteiger charge is -2.25. The molecule has 2 aromatic carbocycles. The molecule has 0 saturated heterocycles. The molecule has 0 bridgehead atoms. The van der Waals surface area contributed by atoms with Gasteiger partial charge in [-0.25, -0.2) is 0 Å². The first-order valence-electron chi connectivity index (χ1n) is 8.30. The molecule has 25 heavy (non-hydrogen) atoms. The highest BCUT2D eigenvalue weighted by Crippen LogP contribution is 2.16. The van der Waals surface area contributed by atoms with E-state index in [1.54, 1.807) is 0 Å². The molecule has 134 valence electrons. The maximum Gasteiger partial charge on any atom is 0.0635 e. The van der Waals surface area contributed by atoms with Gasteiger partial charge in [0, 0.05) is 37.1 Å². The predicted octanol–water partition coefficient (Wildman–Crippen LogP) is 4.74. The molecular weight excluding hydrogens is 353 g/mol. The third-order valence-corrected chi connectivity index (χ3v) is 4.38. The molecule has 3 nitrogen and oxygen atoms in total. The summed E-state index contributed by atoms with van der Waals surface area (Å²) in [4.78, 5) is 2.23. The van der Waals surface area contributed by atoms with Crippen LogP contribution in [0.15, 0.2) is 48.5 Å². The highest BCUT2D eigenvalue weighted by atomic mass is 35.5. The Bertz CT molecular complexity index is 663. The zero-order chi connectivity index (χ0) is 17.4. The summed E-state index contributed by atoms with van der Waals surface area (Å²) in [5, 5.41) is 9.63. The van der Waals surface area contributed by atoms with Gasteiger partial charge in [0.2, 0.25) is 0 Å². The number of nitriles is 1. The smallest absolute Gasteiger partial charge is 0.0635 e. The number of hydrogen-bond donors (Lipinski definition) is 1. The third kappa shape index (κ3) is 7.05. The summed E-state index contributed by atoms with van der Waals surface area (Å²) in [6.07, 6.45) is 1.52. The Kier molecular flexibility index (Phi) is 9.55. The molecule has 0 aliphatic carbocycles. The lowest BCUT2D eigenvalue weighted by atomic mass is 10.0. The Balaban J connectivity index is 0.00000312. The molecule has 2 aromatic rings. The quantitative estimate of drug-likeness (QED) is 0.722. The Morgan fingerprint density at radius 2 is 1.68 bits per heavy atom. The Hall–Kier alpha value is -1.57. The van der Waals surface area contributed by atoms with Gasteiger partial charge in [-0.15, -0.1) is 12.4 Å². The van der Waals surface area contributed by atoms with Crippen LogP contribution in [-0.2, 0) is 13.0 Å². The molecule has 0 aliphatic rings. The molecule has 5 heteroatoms. The minimum absolute atomic E-state index is 0. The first-order valence-corrected chi connectivity index (χ1v) is 8.68. The summed E-state index contributed by atoms with van der Waals surface area (Å²) in [6, 6.07) is 18.4. The van der Waals surface area contributed by atoms with E-state index in [2.05, 4.69) is 42.2 Å². The molecule has 2 rings (SSSR count). The van der Waals surface area contributed by atoms with Crippen molar-refractivity contribution in [2.24, 2.45) is 5.73 Å². The fourth-order valence-electron chi connectivity index (χ4n) is 2.68. The van der Waals surface area contributed by atoms with Crippen molar-refractivity contribution in [2.75, 3.05) is 13.1 Å². The molecule has 0 heterocycles. The van der Waals surface area contributed by atoms with Crippen LogP contribution in [0.5, 0.6) is 0 Å². The van der Waals surface area contributed by atoms with Crippen LogP contribution in [0.2, 0.25) is 5.02 Å². The summed E-state index contributed by atoms with van der Waals surface area (Å²) in [7, 11) is 0. The second-order valence-electron chi connectivity index (χ2n) is 5.97. The summed E-state index contributed by atoms with van der Waals surface area (Å²) in [6.45, 7) is 4.33. The lowest BCUT2D eigenvalue weighted by molar-refractivity contribution is 0.255. The number of nitrogens with two attached hydrogens (primary N) is 1. The van der Waals surface area contributed by atoms with Crippen molar-refractivity contribution >= 4 is 24.0 Å². The van der Waals surface area contributed by atoms with Gasteiger partial charge in [0.1, 0.15) is 0 Å². The van der Waals surface area contributed by atoms with Crippen molar-refractivity contribution in [1.29, 1.82) is 5.26 Å². The number of benzene rings is 2. The van der Waals surface area contributed by atoms with E-state index in [0.29, 0.717) is 13.0 Å². The van der Waals surface area contributed by atoms with Gasteiger partial charge in [0.25, 0.3) is 0 Å². The van der Waals surface area contributed by atoms with Gasteiger partial charge >= 0.3 is 0 Å². The van der Waals surface area contributed by atoms with Crippen LogP contribution < -0.4 is 5.73 Å². The summed E-state index contributed by atoms with van der Waals surface area (Å²) < 4.78 is 0. The zero-order valence-electron chi connectivity index (χ0n) is 14.5. The Morgan fingerprint density at radius 3 is 2.24 bits per heavy atom. The van der Waals surface area contributed by atoms with Crippen molar-refractivity contribution < 1.29 is 0 Å². The minimum Gasteiger partial charge on any atom is -0.323 e. The van der Waals surface area contributed by atoms with Crippen molar-refractivity contribution in [1.82, 2.24) is 4.90 Å². The van der Waals surface area contributed by atoms with Gasteiger partial charge in [0.15, 0.2) is 0 Å². The largest absolute Gasteiger partial charge is 0.323 e. The maximum absolute atomic E-state index is 8.90. The van der Waals surface area contributed by atoms with Crippen LogP contribution >= 0.6 is 24.0 Å². The average Bonchev–Trinajstić information content (AvgIpc) is 2.61. The standard InChI is InChI=1S/C20H24ClN3.ClH/c1-2-16-4-8-18(9-5-16)20(23)15-24(13-3-12-22)14-17-6-10-19(21)11-7-17;/h4-11,20H,2-3,13-15,23H2,1H3;1H. The van der Waals surface area contributed by atoms with Crippen molar-refractivity contribution in [3.8, 4) is 6.07 Å². The van der Waals surface area contributed by atoms with Gasteiger partial charge in [-0.3, -0.25) is 4.90 Å². The van der Waals surface area contributed by atoms with E-state index >= 15 is 0 Å². The molecule has 0 aliphatic heterocycles. The number of aryl methyl sites for hydroxylation is 1. The second-order valence-corrected chi connectivity index (χ2v) is 6.41. The van der Waals surface area contributed by atoms with Crippen molar-refractivity contribution in [3.63, 3.8) is 0 Å². The van der Waals surface area contributed by atoms with E-state index in [0.717, 1.165) is 30.1 Å². The monoisotopic (exact) mass is 377 g/mol. The van der Waals surface area contributed by atoms with Crippen LogP contribution in [0.1, 0.15) is 36.1 Å². The van der Waals surface area contributed by atoms with Gasteiger partial charge < -0.3 is 5.73 Å². The van der Waals surface area contributed by atoms with E-state index in [1.807, 2.05) is 24.3 Å². The van der Waals surface area contributed by atoms with Crippen molar-refractivity contribution in [2.45, 2.75) is 32.4 Å². The molecule has 0 radical (unpaired) electrons. The average molecular weight is 378 g/mol. The van der Waals surface area contributed by atoms with E-state index in [1.165, 1.54) is 11.1 Å². The highest BCUT2D eigenvalue weighted by Gasteiger charge is 2.13. The molecule has 0 saturated carbocycles. The fourth-order valence-corrected chi connectivity index (χ4v) is 2.80. The van der Waals surface area contributed by atoms with Crippen molar-refractivity contribution in [3.05, 3.63) is 70.2 Å². The van der Waals surface area contributed by atoms with Crippen LogP contribution in [0.3, 0.4) is 0 Å². The third-order valence-electron chi connectivity index (χ3n) is 4.13. The molecule has 2 N–H and O–H groups in total. The molecule has 0 fully saturated rings. The zero-order valence-corrected chi connectivity index (χ0v) is 16.1. The molecule has 0 amide bonds. The predicted molar refractivity (Wildman–Crippen MR) is 107 cm³/mol. The van der Waals surface area contributed by atoms with Crippen LogP contribution in [-0.4, -0.2) is 18.0 Å². The lowest BCUT2D eigenvalue weighted by Crippen LogP contribution is -2.32.